The summed E-state index contributed by atoms with van der Waals surface area (Å²) < 4.78 is 5.68. The second kappa shape index (κ2) is 4.77. The normalized spacial score (nSPS) is 10.9. The summed E-state index contributed by atoms with van der Waals surface area (Å²) >= 11 is 10.8. The molecule has 3 nitrogen and oxygen atoms in total. The van der Waals surface area contributed by atoms with Gasteiger partial charge in [-0.1, -0.05) is 23.8 Å². The third-order valence-corrected chi connectivity index (χ3v) is 2.77. The lowest BCUT2D eigenvalue weighted by Crippen LogP contribution is -2.43. The Labute approximate surface area is 99.8 Å². The fraction of sp³-hybridized carbons (Fsp3) is 0.400. The summed E-state index contributed by atoms with van der Waals surface area (Å²) in [4.78, 5) is 4.56. The number of likely N-dealkylation sites (N-methyl/N-ethyl adjacent to an activating group) is 1. The van der Waals surface area contributed by atoms with Crippen LogP contribution in [0.15, 0.2) is 18.3 Å². The Kier molecular flexibility index (Phi) is 3.88. The van der Waals surface area contributed by atoms with Gasteiger partial charge in [-0.2, -0.15) is 0 Å². The van der Waals surface area contributed by atoms with Crippen molar-refractivity contribution in [2.75, 3.05) is 7.05 Å². The molecule has 0 aliphatic rings. The Morgan fingerprint density at radius 3 is 2.67 bits per heavy atom. The monoisotopic (exact) mass is 244 g/mol. The van der Waals surface area contributed by atoms with Gasteiger partial charge in [0, 0.05) is 7.05 Å². The molecule has 5 heteroatoms. The molecular weight excluding hydrogens is 232 g/mol. The molecule has 0 atom stereocenters. The van der Waals surface area contributed by atoms with Crippen molar-refractivity contribution < 1.29 is 4.74 Å². The van der Waals surface area contributed by atoms with Gasteiger partial charge in [-0.25, -0.2) is 4.98 Å². The van der Waals surface area contributed by atoms with Crippen LogP contribution in [-0.2, 0) is 0 Å². The van der Waals surface area contributed by atoms with Gasteiger partial charge in [0.1, 0.15) is 15.9 Å². The average Bonchev–Trinajstić information content (AvgIpc) is 2.20. The minimum absolute atomic E-state index is 0.441. The first-order chi connectivity index (χ1) is 6.95. The molecule has 1 heterocycles. The smallest absolute Gasteiger partial charge is 0.153 e. The Hall–Kier alpha value is -0.870. The predicted molar refractivity (Wildman–Crippen MR) is 65.6 cm³/mol. The van der Waals surface area contributed by atoms with Gasteiger partial charge in [0.25, 0.3) is 0 Å². The van der Waals surface area contributed by atoms with E-state index >= 15 is 0 Å². The molecule has 15 heavy (non-hydrogen) atoms. The number of aromatic nitrogens is 1. The zero-order valence-electron chi connectivity index (χ0n) is 8.87. The van der Waals surface area contributed by atoms with Crippen LogP contribution in [0.3, 0.4) is 0 Å². The van der Waals surface area contributed by atoms with Gasteiger partial charge < -0.3 is 10.1 Å². The van der Waals surface area contributed by atoms with Crippen molar-refractivity contribution >= 4 is 28.8 Å². The third kappa shape index (κ3) is 3.32. The first-order valence-corrected chi connectivity index (χ1v) is 5.27. The quantitative estimate of drug-likeness (QED) is 0.654. The SMILES string of the molecule is CNC(=S)C(C)(C)Oc1ccc(Cl)nc1. The Balaban J connectivity index is 2.77. The van der Waals surface area contributed by atoms with Gasteiger partial charge in [0.2, 0.25) is 0 Å². The molecule has 0 aliphatic carbocycles. The Morgan fingerprint density at radius 1 is 1.53 bits per heavy atom. The van der Waals surface area contributed by atoms with Crippen LogP contribution in [0, 0.1) is 0 Å². The average molecular weight is 245 g/mol. The minimum atomic E-state index is -0.556. The third-order valence-electron chi connectivity index (χ3n) is 1.85. The van der Waals surface area contributed by atoms with E-state index in [4.69, 9.17) is 28.6 Å². The maximum Gasteiger partial charge on any atom is 0.153 e. The highest BCUT2D eigenvalue weighted by atomic mass is 35.5. The zero-order valence-corrected chi connectivity index (χ0v) is 10.4. The lowest BCUT2D eigenvalue weighted by Gasteiger charge is -2.26. The molecule has 0 saturated carbocycles. The molecule has 82 valence electrons. The molecule has 1 aromatic rings. The summed E-state index contributed by atoms with van der Waals surface area (Å²) in [6.07, 6.45) is 1.57. The van der Waals surface area contributed by atoms with Crippen LogP contribution in [0.1, 0.15) is 13.8 Å². The number of rotatable bonds is 3. The number of thiocarbonyl (C=S) groups is 1. The van der Waals surface area contributed by atoms with E-state index < -0.39 is 5.60 Å². The second-order valence-electron chi connectivity index (χ2n) is 3.51. The van der Waals surface area contributed by atoms with Gasteiger partial charge in [0.15, 0.2) is 5.60 Å². The number of ether oxygens (including phenoxy) is 1. The van der Waals surface area contributed by atoms with Crippen molar-refractivity contribution in [1.82, 2.24) is 10.3 Å². The van der Waals surface area contributed by atoms with E-state index in [2.05, 4.69) is 10.3 Å². The van der Waals surface area contributed by atoms with Crippen molar-refractivity contribution in [2.24, 2.45) is 0 Å². The molecule has 0 bridgehead atoms. The van der Waals surface area contributed by atoms with Crippen molar-refractivity contribution in [3.8, 4) is 5.75 Å². The van der Waals surface area contributed by atoms with Crippen LogP contribution >= 0.6 is 23.8 Å². The number of nitrogens with one attached hydrogen (secondary N) is 1. The molecule has 0 radical (unpaired) electrons. The zero-order chi connectivity index (χ0) is 11.5. The van der Waals surface area contributed by atoms with E-state index in [1.54, 1.807) is 25.4 Å². The summed E-state index contributed by atoms with van der Waals surface area (Å²) in [5.74, 6) is 0.641. The molecule has 0 unspecified atom stereocenters. The number of hydrogen-bond acceptors (Lipinski definition) is 3. The molecule has 0 aliphatic heterocycles. The lowest BCUT2D eigenvalue weighted by molar-refractivity contribution is 0.181. The highest BCUT2D eigenvalue weighted by Gasteiger charge is 2.24. The van der Waals surface area contributed by atoms with Gasteiger partial charge in [-0.3, -0.25) is 0 Å². The summed E-state index contributed by atoms with van der Waals surface area (Å²) in [5.41, 5.74) is -0.556. The summed E-state index contributed by atoms with van der Waals surface area (Å²) in [5, 5.41) is 3.34. The van der Waals surface area contributed by atoms with Crippen LogP contribution in [-0.4, -0.2) is 22.6 Å². The predicted octanol–water partition coefficient (Wildman–Crippen LogP) is 2.44. The summed E-state index contributed by atoms with van der Waals surface area (Å²) in [7, 11) is 1.77. The number of nitrogens with zero attached hydrogens (tertiary/aromatic N) is 1. The van der Waals surface area contributed by atoms with E-state index in [1.807, 2.05) is 13.8 Å². The van der Waals surface area contributed by atoms with Gasteiger partial charge in [-0.05, 0) is 26.0 Å². The maximum absolute atomic E-state index is 5.68. The van der Waals surface area contributed by atoms with E-state index in [0.717, 1.165) is 0 Å². The molecule has 0 aromatic carbocycles. The van der Waals surface area contributed by atoms with Crippen molar-refractivity contribution in [3.63, 3.8) is 0 Å². The van der Waals surface area contributed by atoms with Crippen LogP contribution in [0.25, 0.3) is 0 Å². The van der Waals surface area contributed by atoms with E-state index in [1.165, 1.54) is 0 Å². The standard InChI is InChI=1S/C10H13ClN2OS/c1-10(2,9(15)12-3)14-7-4-5-8(11)13-6-7/h4-6H,1-3H3,(H,12,15). The lowest BCUT2D eigenvalue weighted by atomic mass is 10.1. The van der Waals surface area contributed by atoms with Crippen molar-refractivity contribution in [1.29, 1.82) is 0 Å². The van der Waals surface area contributed by atoms with Gasteiger partial charge in [-0.15, -0.1) is 0 Å². The Bertz CT molecular complexity index is 351. The topological polar surface area (TPSA) is 34.1 Å². The molecule has 1 aromatic heterocycles. The number of hydrogen-bond donors (Lipinski definition) is 1. The molecule has 0 fully saturated rings. The highest BCUT2D eigenvalue weighted by Crippen LogP contribution is 2.19. The molecule has 0 spiro atoms. The molecule has 0 amide bonds. The van der Waals surface area contributed by atoms with Gasteiger partial charge in [0.05, 0.1) is 6.20 Å². The van der Waals surface area contributed by atoms with Crippen LogP contribution in [0.5, 0.6) is 5.75 Å². The Morgan fingerprint density at radius 2 is 2.20 bits per heavy atom. The fourth-order valence-electron chi connectivity index (χ4n) is 1.06. The fourth-order valence-corrected chi connectivity index (χ4v) is 1.22. The summed E-state index contributed by atoms with van der Waals surface area (Å²) in [6.45, 7) is 3.78. The highest BCUT2D eigenvalue weighted by molar-refractivity contribution is 7.80. The van der Waals surface area contributed by atoms with Crippen LogP contribution < -0.4 is 10.1 Å². The van der Waals surface area contributed by atoms with Crippen LogP contribution in [0.4, 0.5) is 0 Å². The van der Waals surface area contributed by atoms with Gasteiger partial charge >= 0.3 is 0 Å². The van der Waals surface area contributed by atoms with E-state index in [-0.39, 0.29) is 0 Å². The van der Waals surface area contributed by atoms with Crippen molar-refractivity contribution in [3.05, 3.63) is 23.5 Å². The van der Waals surface area contributed by atoms with Crippen molar-refractivity contribution in [2.45, 2.75) is 19.4 Å². The largest absolute Gasteiger partial charge is 0.479 e. The summed E-state index contributed by atoms with van der Waals surface area (Å²) in [6, 6.07) is 3.44. The first kappa shape index (κ1) is 12.2. The second-order valence-corrected chi connectivity index (χ2v) is 4.30. The van der Waals surface area contributed by atoms with E-state index in [9.17, 15) is 0 Å². The molecule has 1 rings (SSSR count). The first-order valence-electron chi connectivity index (χ1n) is 4.48. The van der Waals surface area contributed by atoms with Crippen LogP contribution in [0.2, 0.25) is 5.15 Å². The minimum Gasteiger partial charge on any atom is -0.479 e. The molecule has 1 N–H and O–H groups in total. The van der Waals surface area contributed by atoms with E-state index in [0.29, 0.717) is 15.9 Å². The molecular formula is C10H13ClN2OS. The number of halogens is 1. The maximum atomic E-state index is 5.68. The molecule has 0 saturated heterocycles. The number of pyridine rings is 1.